The van der Waals surface area contributed by atoms with Gasteiger partial charge >= 0.3 is 0 Å². The summed E-state index contributed by atoms with van der Waals surface area (Å²) in [5.41, 5.74) is 0.379. The highest BCUT2D eigenvalue weighted by Gasteiger charge is 2.30. The van der Waals surface area contributed by atoms with Gasteiger partial charge in [-0.3, -0.25) is 4.90 Å². The molecule has 0 amide bonds. The van der Waals surface area contributed by atoms with Crippen LogP contribution in [0, 0.1) is 0 Å². The van der Waals surface area contributed by atoms with E-state index >= 15 is 0 Å². The van der Waals surface area contributed by atoms with Crippen LogP contribution < -0.4 is 0 Å². The summed E-state index contributed by atoms with van der Waals surface area (Å²) in [4.78, 5) is 2.50. The monoisotopic (exact) mass is 205 g/mol. The zero-order valence-electron chi connectivity index (χ0n) is 8.68. The van der Waals surface area contributed by atoms with Gasteiger partial charge in [-0.25, -0.2) is 0 Å². The van der Waals surface area contributed by atoms with Crippen LogP contribution in [0.4, 0.5) is 0 Å². The van der Waals surface area contributed by atoms with Gasteiger partial charge in [0.2, 0.25) is 0 Å². The molecule has 0 aliphatic carbocycles. The Morgan fingerprint density at radius 1 is 1.38 bits per heavy atom. The van der Waals surface area contributed by atoms with Gasteiger partial charge in [0.15, 0.2) is 0 Å². The minimum atomic E-state index is 0.379. The molecule has 1 aliphatic heterocycles. The topological polar surface area (TPSA) is 12.5 Å². The van der Waals surface area contributed by atoms with Gasteiger partial charge in [-0.2, -0.15) is 0 Å². The Kier molecular flexibility index (Phi) is 4.50. The summed E-state index contributed by atoms with van der Waals surface area (Å²) in [7, 11) is 0. The molecule has 0 atom stereocenters. The van der Waals surface area contributed by atoms with Crippen molar-refractivity contribution in [1.29, 1.82) is 0 Å². The minimum Gasteiger partial charge on any atom is -0.379 e. The molecule has 1 rings (SSSR count). The summed E-state index contributed by atoms with van der Waals surface area (Å²) in [6.45, 7) is 8.37. The van der Waals surface area contributed by atoms with Gasteiger partial charge in [-0.05, 0) is 33.2 Å². The van der Waals surface area contributed by atoms with E-state index in [9.17, 15) is 0 Å². The Morgan fingerprint density at radius 3 is 2.69 bits per heavy atom. The van der Waals surface area contributed by atoms with Crippen LogP contribution in [0.2, 0.25) is 0 Å². The number of likely N-dealkylation sites (tertiary alicyclic amines) is 1. The third-order valence-electron chi connectivity index (χ3n) is 2.80. The molecular weight excluding hydrogens is 186 g/mol. The van der Waals surface area contributed by atoms with Gasteiger partial charge in [0.25, 0.3) is 0 Å². The maximum Gasteiger partial charge on any atom is 0.0602 e. The summed E-state index contributed by atoms with van der Waals surface area (Å²) < 4.78 is 5.36. The quantitative estimate of drug-likeness (QED) is 0.504. The van der Waals surface area contributed by atoms with Crippen LogP contribution in [0.25, 0.3) is 0 Å². The van der Waals surface area contributed by atoms with Crippen LogP contribution in [-0.4, -0.2) is 42.6 Å². The molecule has 1 fully saturated rings. The lowest BCUT2D eigenvalue weighted by Crippen LogP contribution is -2.40. The number of ether oxygens (including phenoxy) is 1. The lowest BCUT2D eigenvalue weighted by atomic mass is 10.0. The van der Waals surface area contributed by atoms with Crippen molar-refractivity contribution in [2.45, 2.75) is 32.2 Å². The van der Waals surface area contributed by atoms with E-state index in [4.69, 9.17) is 16.3 Å². The van der Waals surface area contributed by atoms with E-state index in [0.717, 1.165) is 13.2 Å². The minimum absolute atomic E-state index is 0.379. The van der Waals surface area contributed by atoms with E-state index in [2.05, 4.69) is 18.7 Å². The van der Waals surface area contributed by atoms with Crippen LogP contribution in [-0.2, 0) is 4.74 Å². The summed E-state index contributed by atoms with van der Waals surface area (Å²) in [6.07, 6.45) is 2.63. The normalized spacial score (nSPS) is 22.4. The highest BCUT2D eigenvalue weighted by atomic mass is 35.5. The molecule has 0 radical (unpaired) electrons. The van der Waals surface area contributed by atoms with E-state index in [1.165, 1.54) is 19.4 Å². The van der Waals surface area contributed by atoms with Crippen molar-refractivity contribution in [3.63, 3.8) is 0 Å². The highest BCUT2D eigenvalue weighted by molar-refractivity contribution is 6.17. The molecule has 3 heteroatoms. The molecule has 78 valence electrons. The van der Waals surface area contributed by atoms with E-state index < -0.39 is 0 Å². The van der Waals surface area contributed by atoms with Crippen molar-refractivity contribution >= 4 is 11.6 Å². The fourth-order valence-electron chi connectivity index (χ4n) is 1.91. The summed E-state index contributed by atoms with van der Waals surface area (Å²) >= 11 is 5.51. The maximum atomic E-state index is 5.51. The summed E-state index contributed by atoms with van der Waals surface area (Å²) in [5, 5.41) is 0. The second-order valence-corrected chi connectivity index (χ2v) is 4.58. The first-order chi connectivity index (χ1) is 6.17. The number of nitrogens with zero attached hydrogens (tertiary/aromatic N) is 1. The smallest absolute Gasteiger partial charge is 0.0602 e. The highest BCUT2D eigenvalue weighted by Crippen LogP contribution is 2.27. The van der Waals surface area contributed by atoms with Crippen LogP contribution >= 0.6 is 11.6 Å². The molecule has 0 unspecified atom stereocenters. The molecule has 0 N–H and O–H groups in total. The summed E-state index contributed by atoms with van der Waals surface area (Å²) in [6, 6.07) is 0. The molecular formula is C10H20ClNO. The van der Waals surface area contributed by atoms with Gasteiger partial charge in [0.05, 0.1) is 13.2 Å². The van der Waals surface area contributed by atoms with Gasteiger partial charge in [-0.1, -0.05) is 0 Å². The SMILES string of the molecule is CC1(C)CCCN1CCOCCCl. The fraction of sp³-hybridized carbons (Fsp3) is 1.00. The second-order valence-electron chi connectivity index (χ2n) is 4.20. The Balaban J connectivity index is 2.14. The average Bonchev–Trinajstić information content (AvgIpc) is 2.40. The molecule has 0 aromatic carbocycles. The molecule has 0 bridgehead atoms. The van der Waals surface area contributed by atoms with Crippen molar-refractivity contribution in [3.8, 4) is 0 Å². The Labute approximate surface area is 86.2 Å². The van der Waals surface area contributed by atoms with Gasteiger partial charge < -0.3 is 4.74 Å². The van der Waals surface area contributed by atoms with Crippen LogP contribution in [0.15, 0.2) is 0 Å². The largest absolute Gasteiger partial charge is 0.379 e. The van der Waals surface area contributed by atoms with Crippen molar-refractivity contribution in [2.24, 2.45) is 0 Å². The van der Waals surface area contributed by atoms with E-state index in [1.807, 2.05) is 0 Å². The molecule has 1 heterocycles. The predicted molar refractivity (Wildman–Crippen MR) is 56.4 cm³/mol. The van der Waals surface area contributed by atoms with Gasteiger partial charge in [0.1, 0.15) is 0 Å². The first-order valence-electron chi connectivity index (χ1n) is 5.05. The third kappa shape index (κ3) is 3.45. The standard InChI is InChI=1S/C10H20ClNO/c1-10(2)4-3-6-12(10)7-9-13-8-5-11/h3-9H2,1-2H3. The summed E-state index contributed by atoms with van der Waals surface area (Å²) in [5.74, 6) is 0.601. The number of hydrogen-bond acceptors (Lipinski definition) is 2. The number of halogens is 1. The third-order valence-corrected chi connectivity index (χ3v) is 2.95. The molecule has 0 saturated carbocycles. The van der Waals surface area contributed by atoms with Crippen LogP contribution in [0.1, 0.15) is 26.7 Å². The molecule has 13 heavy (non-hydrogen) atoms. The van der Waals surface area contributed by atoms with Crippen molar-refractivity contribution in [2.75, 3.05) is 32.2 Å². The Hall–Kier alpha value is 0.210. The zero-order valence-corrected chi connectivity index (χ0v) is 9.44. The number of rotatable bonds is 5. The predicted octanol–water partition coefficient (Wildman–Crippen LogP) is 2.12. The molecule has 0 spiro atoms. The molecule has 1 aliphatic rings. The van der Waals surface area contributed by atoms with Gasteiger partial charge in [0, 0.05) is 18.0 Å². The van der Waals surface area contributed by atoms with E-state index in [1.54, 1.807) is 0 Å². The Bertz CT molecular complexity index is 150. The van der Waals surface area contributed by atoms with Crippen molar-refractivity contribution < 1.29 is 4.74 Å². The van der Waals surface area contributed by atoms with Crippen molar-refractivity contribution in [3.05, 3.63) is 0 Å². The first-order valence-corrected chi connectivity index (χ1v) is 5.59. The maximum absolute atomic E-state index is 5.51. The number of hydrogen-bond donors (Lipinski definition) is 0. The lowest BCUT2D eigenvalue weighted by molar-refractivity contribution is 0.0878. The van der Waals surface area contributed by atoms with E-state index in [0.29, 0.717) is 18.0 Å². The van der Waals surface area contributed by atoms with Gasteiger partial charge in [-0.15, -0.1) is 11.6 Å². The van der Waals surface area contributed by atoms with Crippen molar-refractivity contribution in [1.82, 2.24) is 4.90 Å². The molecule has 2 nitrogen and oxygen atoms in total. The Morgan fingerprint density at radius 2 is 2.15 bits per heavy atom. The first kappa shape index (κ1) is 11.3. The zero-order chi connectivity index (χ0) is 9.73. The molecule has 1 saturated heterocycles. The van der Waals surface area contributed by atoms with Crippen LogP contribution in [0.5, 0.6) is 0 Å². The second kappa shape index (κ2) is 5.18. The number of alkyl halides is 1. The molecule has 0 aromatic rings. The average molecular weight is 206 g/mol. The fourth-order valence-corrected chi connectivity index (χ4v) is 2.02. The molecule has 0 aromatic heterocycles. The van der Waals surface area contributed by atoms with E-state index in [-0.39, 0.29) is 0 Å². The lowest BCUT2D eigenvalue weighted by Gasteiger charge is -2.31. The van der Waals surface area contributed by atoms with Crippen LogP contribution in [0.3, 0.4) is 0 Å².